The Bertz CT molecular complexity index is 1310. The summed E-state index contributed by atoms with van der Waals surface area (Å²) in [5, 5.41) is 2.44. The molecule has 0 radical (unpaired) electrons. The van der Waals surface area contributed by atoms with Crippen LogP contribution in [-0.4, -0.2) is 9.55 Å². The first-order valence-corrected chi connectivity index (χ1v) is 9.47. The quantitative estimate of drug-likeness (QED) is 0.356. The number of pyridine rings is 1. The van der Waals surface area contributed by atoms with E-state index < -0.39 is 0 Å². The number of rotatable bonds is 3. The van der Waals surface area contributed by atoms with Gasteiger partial charge in [0.05, 0.1) is 11.2 Å². The lowest BCUT2D eigenvalue weighted by Gasteiger charge is -2.05. The number of fused-ring (bicyclic) bond motifs is 2. The summed E-state index contributed by atoms with van der Waals surface area (Å²) in [6, 6.07) is 31.8. The largest absolute Gasteiger partial charge is 0.344 e. The van der Waals surface area contributed by atoms with E-state index in [1.165, 1.54) is 27.5 Å². The van der Waals surface area contributed by atoms with Crippen LogP contribution in [0, 0.1) is 0 Å². The first-order chi connectivity index (χ1) is 13.8. The molecular formula is C26H20N2. The maximum Gasteiger partial charge on any atom is 0.0709 e. The van der Waals surface area contributed by atoms with Crippen LogP contribution in [-0.2, 0) is 7.05 Å². The highest BCUT2D eigenvalue weighted by molar-refractivity contribution is 5.87. The zero-order valence-electron chi connectivity index (χ0n) is 15.7. The number of benzene rings is 3. The van der Waals surface area contributed by atoms with Gasteiger partial charge in [-0.25, -0.2) is 4.98 Å². The Kier molecular flexibility index (Phi) is 4.02. The second-order valence-electron chi connectivity index (χ2n) is 7.03. The van der Waals surface area contributed by atoms with Gasteiger partial charge in [-0.1, -0.05) is 72.8 Å². The molecule has 0 N–H and O–H groups in total. The van der Waals surface area contributed by atoms with Gasteiger partial charge < -0.3 is 4.57 Å². The minimum Gasteiger partial charge on any atom is -0.344 e. The summed E-state index contributed by atoms with van der Waals surface area (Å²) in [6.45, 7) is 0. The van der Waals surface area contributed by atoms with Crippen LogP contribution >= 0.6 is 0 Å². The molecule has 2 aromatic heterocycles. The lowest BCUT2D eigenvalue weighted by atomic mass is 10.1. The number of aromatic nitrogens is 2. The fourth-order valence-corrected chi connectivity index (χ4v) is 3.69. The van der Waals surface area contributed by atoms with Gasteiger partial charge in [0.1, 0.15) is 0 Å². The van der Waals surface area contributed by atoms with E-state index in [2.05, 4.69) is 96.6 Å². The fourth-order valence-electron chi connectivity index (χ4n) is 3.69. The molecule has 3 aromatic carbocycles. The Balaban J connectivity index is 1.42. The molecule has 0 amide bonds. The van der Waals surface area contributed by atoms with E-state index in [4.69, 9.17) is 4.98 Å². The van der Waals surface area contributed by atoms with E-state index in [9.17, 15) is 0 Å². The SMILES string of the molecule is Cn1c(-c2ccc(C=Cc3ccc4ccccc4n3)cc2)cc2ccccc21. The predicted octanol–water partition coefficient (Wildman–Crippen LogP) is 6.56. The van der Waals surface area contributed by atoms with E-state index >= 15 is 0 Å². The van der Waals surface area contributed by atoms with Crippen LogP contribution in [0.4, 0.5) is 0 Å². The van der Waals surface area contributed by atoms with Crippen molar-refractivity contribution in [2.45, 2.75) is 0 Å². The number of para-hydroxylation sites is 2. The maximum absolute atomic E-state index is 4.70. The monoisotopic (exact) mass is 360 g/mol. The summed E-state index contributed by atoms with van der Waals surface area (Å²) in [6.07, 6.45) is 4.18. The van der Waals surface area contributed by atoms with Gasteiger partial charge in [-0.15, -0.1) is 0 Å². The molecule has 0 aliphatic heterocycles. The van der Waals surface area contributed by atoms with Gasteiger partial charge in [0, 0.05) is 29.0 Å². The molecule has 2 heterocycles. The molecule has 2 nitrogen and oxygen atoms in total. The molecule has 0 unspecified atom stereocenters. The molecule has 5 rings (SSSR count). The molecule has 0 spiro atoms. The lowest BCUT2D eigenvalue weighted by Crippen LogP contribution is -1.90. The number of hydrogen-bond acceptors (Lipinski definition) is 1. The molecule has 0 saturated carbocycles. The predicted molar refractivity (Wildman–Crippen MR) is 119 cm³/mol. The zero-order valence-corrected chi connectivity index (χ0v) is 15.7. The van der Waals surface area contributed by atoms with E-state index in [0.29, 0.717) is 0 Å². The third-order valence-electron chi connectivity index (χ3n) is 5.22. The Labute approximate surface area is 164 Å². The summed E-state index contributed by atoms with van der Waals surface area (Å²) < 4.78 is 2.25. The van der Waals surface area contributed by atoms with Crippen LogP contribution in [0.1, 0.15) is 11.3 Å². The highest BCUT2D eigenvalue weighted by atomic mass is 14.9. The normalized spacial score (nSPS) is 11.6. The molecule has 28 heavy (non-hydrogen) atoms. The van der Waals surface area contributed by atoms with E-state index in [-0.39, 0.29) is 0 Å². The molecule has 0 bridgehead atoms. The van der Waals surface area contributed by atoms with Crippen LogP contribution < -0.4 is 0 Å². The van der Waals surface area contributed by atoms with Gasteiger partial charge in [0.2, 0.25) is 0 Å². The van der Waals surface area contributed by atoms with Gasteiger partial charge in [-0.05, 0) is 41.5 Å². The minimum atomic E-state index is 0.969. The lowest BCUT2D eigenvalue weighted by molar-refractivity contribution is 0.978. The molecule has 0 atom stereocenters. The molecule has 0 aliphatic carbocycles. The second kappa shape index (κ2) is 6.82. The van der Waals surface area contributed by atoms with Crippen molar-refractivity contribution in [1.82, 2.24) is 9.55 Å². The molecule has 0 aliphatic rings. The summed E-state index contributed by atoms with van der Waals surface area (Å²) in [5.41, 5.74) is 6.86. The Hall–Kier alpha value is -3.65. The number of hydrogen-bond donors (Lipinski definition) is 0. The smallest absolute Gasteiger partial charge is 0.0709 e. The average molecular weight is 360 g/mol. The van der Waals surface area contributed by atoms with Crippen molar-refractivity contribution in [2.24, 2.45) is 7.05 Å². The van der Waals surface area contributed by atoms with E-state index in [1.807, 2.05) is 18.2 Å². The molecule has 0 fully saturated rings. The van der Waals surface area contributed by atoms with E-state index in [0.717, 1.165) is 16.8 Å². The molecule has 0 saturated heterocycles. The van der Waals surface area contributed by atoms with Crippen LogP contribution in [0.5, 0.6) is 0 Å². The van der Waals surface area contributed by atoms with Gasteiger partial charge in [0.15, 0.2) is 0 Å². The minimum absolute atomic E-state index is 0.969. The van der Waals surface area contributed by atoms with Crippen molar-refractivity contribution in [3.8, 4) is 11.3 Å². The van der Waals surface area contributed by atoms with Crippen molar-refractivity contribution < 1.29 is 0 Å². The van der Waals surface area contributed by atoms with Gasteiger partial charge in [-0.3, -0.25) is 0 Å². The Morgan fingerprint density at radius 3 is 2.29 bits per heavy atom. The molecule has 134 valence electrons. The van der Waals surface area contributed by atoms with Gasteiger partial charge in [0.25, 0.3) is 0 Å². The average Bonchev–Trinajstić information content (AvgIpc) is 3.09. The first kappa shape index (κ1) is 16.5. The summed E-state index contributed by atoms with van der Waals surface area (Å²) in [4.78, 5) is 4.70. The maximum atomic E-state index is 4.70. The fraction of sp³-hybridized carbons (Fsp3) is 0.0385. The third kappa shape index (κ3) is 2.99. The summed E-state index contributed by atoms with van der Waals surface area (Å²) in [5.74, 6) is 0. The van der Waals surface area contributed by atoms with Crippen molar-refractivity contribution >= 4 is 34.0 Å². The summed E-state index contributed by atoms with van der Waals surface area (Å²) >= 11 is 0. The standard InChI is InChI=1S/C26H20N2/c1-28-25-9-5-3-7-22(25)18-26(28)21-13-10-19(11-14-21)12-16-23-17-15-20-6-2-4-8-24(20)27-23/h2-18H,1H3. The van der Waals surface area contributed by atoms with Crippen LogP contribution in [0.15, 0.2) is 91.0 Å². The number of aryl methyl sites for hydroxylation is 1. The first-order valence-electron chi connectivity index (χ1n) is 9.47. The highest BCUT2D eigenvalue weighted by Crippen LogP contribution is 2.27. The van der Waals surface area contributed by atoms with Crippen molar-refractivity contribution in [1.29, 1.82) is 0 Å². The molecule has 2 heteroatoms. The van der Waals surface area contributed by atoms with Gasteiger partial charge in [-0.2, -0.15) is 0 Å². The highest BCUT2D eigenvalue weighted by Gasteiger charge is 2.07. The van der Waals surface area contributed by atoms with Crippen molar-refractivity contribution in [2.75, 3.05) is 0 Å². The Morgan fingerprint density at radius 2 is 1.46 bits per heavy atom. The number of nitrogens with zero attached hydrogens (tertiary/aromatic N) is 2. The molecular weight excluding hydrogens is 340 g/mol. The zero-order chi connectivity index (χ0) is 18.9. The van der Waals surface area contributed by atoms with Crippen molar-refractivity contribution in [3.05, 3.63) is 102 Å². The summed E-state index contributed by atoms with van der Waals surface area (Å²) in [7, 11) is 2.12. The van der Waals surface area contributed by atoms with Crippen LogP contribution in [0.2, 0.25) is 0 Å². The van der Waals surface area contributed by atoms with E-state index in [1.54, 1.807) is 0 Å². The molecule has 5 aromatic rings. The Morgan fingerprint density at radius 1 is 0.714 bits per heavy atom. The van der Waals surface area contributed by atoms with Crippen LogP contribution in [0.25, 0.3) is 45.2 Å². The van der Waals surface area contributed by atoms with Crippen molar-refractivity contribution in [3.63, 3.8) is 0 Å². The van der Waals surface area contributed by atoms with Gasteiger partial charge >= 0.3 is 0 Å². The second-order valence-corrected chi connectivity index (χ2v) is 7.03. The topological polar surface area (TPSA) is 17.8 Å². The third-order valence-corrected chi connectivity index (χ3v) is 5.22. The van der Waals surface area contributed by atoms with Crippen LogP contribution in [0.3, 0.4) is 0 Å².